The van der Waals surface area contributed by atoms with E-state index >= 15 is 0 Å². The van der Waals surface area contributed by atoms with Crippen LogP contribution in [0.5, 0.6) is 0 Å². The molecule has 0 aliphatic carbocycles. The van der Waals surface area contributed by atoms with Crippen LogP contribution in [-0.4, -0.2) is 33.0 Å². The molecular formula is C5H10NOSn. The Morgan fingerprint density at radius 1 is 1.75 bits per heavy atom. The predicted octanol–water partition coefficient (Wildman–Crippen LogP) is -0.115. The van der Waals surface area contributed by atoms with Gasteiger partial charge < -0.3 is 0 Å². The van der Waals surface area contributed by atoms with Gasteiger partial charge in [0.15, 0.2) is 0 Å². The van der Waals surface area contributed by atoms with Crippen molar-refractivity contribution in [2.45, 2.75) is 13.8 Å². The second-order valence-corrected chi connectivity index (χ2v) is 2.88. The molecule has 0 atom stereocenters. The van der Waals surface area contributed by atoms with Crippen molar-refractivity contribution in [3.63, 3.8) is 0 Å². The average molecular weight is 219 g/mol. The van der Waals surface area contributed by atoms with E-state index in [0.717, 1.165) is 4.56 Å². The molecule has 0 aliphatic rings. The zero-order chi connectivity index (χ0) is 6.57. The Labute approximate surface area is 63.1 Å². The van der Waals surface area contributed by atoms with Gasteiger partial charge in [0.2, 0.25) is 0 Å². The van der Waals surface area contributed by atoms with Crippen LogP contribution in [0.4, 0.5) is 0 Å². The van der Waals surface area contributed by atoms with Gasteiger partial charge in [0.25, 0.3) is 0 Å². The fourth-order valence-electron chi connectivity index (χ4n) is 0.291. The van der Waals surface area contributed by atoms with Crippen LogP contribution in [0.25, 0.3) is 0 Å². The summed E-state index contributed by atoms with van der Waals surface area (Å²) in [5.74, 6) is 0.289. The topological polar surface area (TPSA) is 29.1 Å². The molecule has 0 aliphatic heterocycles. The van der Waals surface area contributed by atoms with Gasteiger partial charge in [-0.2, -0.15) is 0 Å². The first kappa shape index (κ1) is 8.27. The van der Waals surface area contributed by atoms with Gasteiger partial charge in [-0.15, -0.1) is 0 Å². The van der Waals surface area contributed by atoms with Gasteiger partial charge >= 0.3 is 62.9 Å². The molecule has 1 amide bonds. The molecule has 0 saturated carbocycles. The van der Waals surface area contributed by atoms with E-state index in [0.29, 0.717) is 0 Å². The molecule has 0 aromatic rings. The molecule has 8 heavy (non-hydrogen) atoms. The summed E-state index contributed by atoms with van der Waals surface area (Å²) < 4.78 is 0.823. The Kier molecular flexibility index (Phi) is 4.32. The minimum absolute atomic E-state index is 0.135. The molecule has 45 valence electrons. The van der Waals surface area contributed by atoms with E-state index in [9.17, 15) is 4.79 Å². The summed E-state index contributed by atoms with van der Waals surface area (Å²) in [5, 5.41) is 2.75. The van der Waals surface area contributed by atoms with Crippen LogP contribution in [0.1, 0.15) is 13.8 Å². The molecule has 3 heteroatoms. The number of hydrogen-bond donors (Lipinski definition) is 1. The average Bonchev–Trinajstić information content (AvgIpc) is 1.67. The van der Waals surface area contributed by atoms with E-state index in [1.807, 2.05) is 13.8 Å². The molecule has 1 N–H and O–H groups in total. The molecule has 0 heterocycles. The first-order valence-corrected chi connectivity index (χ1v) is 4.62. The molecule has 0 rings (SSSR count). The van der Waals surface area contributed by atoms with Crippen molar-refractivity contribution in [1.82, 2.24) is 5.32 Å². The summed E-state index contributed by atoms with van der Waals surface area (Å²) in [5.41, 5.74) is 0. The summed E-state index contributed by atoms with van der Waals surface area (Å²) in [6, 6.07) is 0. The standard InChI is InChI=1S/C5H10NO.Sn/c1-4(2)5(7)6-3;/h4H,3H2,1-2H3,(H,6,7);. The van der Waals surface area contributed by atoms with Gasteiger partial charge in [-0.3, -0.25) is 0 Å². The van der Waals surface area contributed by atoms with Crippen molar-refractivity contribution in [2.24, 2.45) is 5.92 Å². The number of hydrogen-bond acceptors (Lipinski definition) is 1. The number of carbonyl (C=O) groups excluding carboxylic acids is 1. The third-order valence-corrected chi connectivity index (χ3v) is 1.29. The Hall–Kier alpha value is 0.269. The van der Waals surface area contributed by atoms with Gasteiger partial charge in [-0.1, -0.05) is 0 Å². The van der Waals surface area contributed by atoms with E-state index in [1.165, 1.54) is 22.5 Å². The molecule has 0 unspecified atom stereocenters. The predicted molar refractivity (Wildman–Crippen MR) is 33.6 cm³/mol. The van der Waals surface area contributed by atoms with Gasteiger partial charge in [0.05, 0.1) is 0 Å². The summed E-state index contributed by atoms with van der Waals surface area (Å²) in [6.07, 6.45) is 0. The third-order valence-electron chi connectivity index (χ3n) is 0.787. The molecule has 0 fully saturated rings. The monoisotopic (exact) mass is 220 g/mol. The maximum atomic E-state index is 10.6. The molecule has 2 nitrogen and oxygen atoms in total. The zero-order valence-electron chi connectivity index (χ0n) is 5.19. The summed E-state index contributed by atoms with van der Waals surface area (Å²) >= 11 is 1.36. The molecule has 0 aromatic heterocycles. The summed E-state index contributed by atoms with van der Waals surface area (Å²) in [6.45, 7) is 3.78. The Morgan fingerprint density at radius 3 is 2.38 bits per heavy atom. The molecule has 3 radical (unpaired) electrons. The normalized spacial score (nSPS) is 9.50. The van der Waals surface area contributed by atoms with E-state index in [-0.39, 0.29) is 11.8 Å². The van der Waals surface area contributed by atoms with Crippen molar-refractivity contribution in [1.29, 1.82) is 0 Å². The second-order valence-electron chi connectivity index (χ2n) is 1.87. The molecule has 0 aromatic carbocycles. The number of carbonyl (C=O) groups is 1. The first-order chi connectivity index (χ1) is 3.68. The number of nitrogens with one attached hydrogen (secondary N) is 1. The number of rotatable bonds is 2. The van der Waals surface area contributed by atoms with Crippen LogP contribution in [-0.2, 0) is 4.79 Å². The summed E-state index contributed by atoms with van der Waals surface area (Å²) in [4.78, 5) is 10.6. The Bertz CT molecular complexity index is 82.5. The molecule has 0 saturated heterocycles. The van der Waals surface area contributed by atoms with Gasteiger partial charge in [-0.05, 0) is 0 Å². The van der Waals surface area contributed by atoms with Crippen molar-refractivity contribution >= 4 is 28.4 Å². The van der Waals surface area contributed by atoms with Gasteiger partial charge in [-0.25, -0.2) is 0 Å². The summed E-state index contributed by atoms with van der Waals surface area (Å²) in [7, 11) is 0. The quantitative estimate of drug-likeness (QED) is 0.644. The second kappa shape index (κ2) is 4.18. The van der Waals surface area contributed by atoms with Crippen molar-refractivity contribution in [3.8, 4) is 0 Å². The van der Waals surface area contributed by atoms with Crippen LogP contribution >= 0.6 is 0 Å². The first-order valence-electron chi connectivity index (χ1n) is 2.60. The fraction of sp³-hybridized carbons (Fsp3) is 0.800. The van der Waals surface area contributed by atoms with Crippen LogP contribution in [0.3, 0.4) is 0 Å². The van der Waals surface area contributed by atoms with Crippen LogP contribution in [0, 0.1) is 5.92 Å². The van der Waals surface area contributed by atoms with Crippen molar-refractivity contribution in [3.05, 3.63) is 0 Å². The molecule has 0 spiro atoms. The fourth-order valence-corrected chi connectivity index (χ4v) is 0.789. The van der Waals surface area contributed by atoms with Crippen LogP contribution in [0.15, 0.2) is 0 Å². The number of amides is 1. The third kappa shape index (κ3) is 3.29. The molecule has 0 bridgehead atoms. The van der Waals surface area contributed by atoms with E-state index in [1.54, 1.807) is 0 Å². The van der Waals surface area contributed by atoms with E-state index in [4.69, 9.17) is 0 Å². The Balaban J connectivity index is 3.33. The van der Waals surface area contributed by atoms with Gasteiger partial charge in [0, 0.05) is 0 Å². The van der Waals surface area contributed by atoms with Crippen LogP contribution < -0.4 is 5.32 Å². The van der Waals surface area contributed by atoms with Gasteiger partial charge in [0.1, 0.15) is 0 Å². The Morgan fingerprint density at radius 2 is 2.25 bits per heavy atom. The minimum atomic E-state index is 0.135. The van der Waals surface area contributed by atoms with Crippen molar-refractivity contribution in [2.75, 3.05) is 4.56 Å². The maximum absolute atomic E-state index is 10.6. The SMILES string of the molecule is CC(C)C(=O)N[CH2][Sn]. The van der Waals surface area contributed by atoms with E-state index < -0.39 is 0 Å². The zero-order valence-corrected chi connectivity index (χ0v) is 8.05. The van der Waals surface area contributed by atoms with Crippen LogP contribution in [0.2, 0.25) is 0 Å². The van der Waals surface area contributed by atoms with Crippen molar-refractivity contribution < 1.29 is 4.79 Å². The molecular weight excluding hydrogens is 209 g/mol. The van der Waals surface area contributed by atoms with E-state index in [2.05, 4.69) is 5.32 Å².